The lowest BCUT2D eigenvalue weighted by molar-refractivity contribution is -0.136. The lowest BCUT2D eigenvalue weighted by Crippen LogP contribution is -2.61. The van der Waals surface area contributed by atoms with Crippen LogP contribution in [0, 0.1) is 5.92 Å². The SMILES string of the molecule is CN1CCN(C2CC3C(CN2)NNC3c2ccccc2)CC1=O. The molecule has 0 spiro atoms. The molecule has 4 unspecified atom stereocenters. The first kappa shape index (κ1) is 15.1. The Hall–Kier alpha value is -1.47. The molecule has 3 N–H and O–H groups in total. The predicted molar refractivity (Wildman–Crippen MR) is 88.4 cm³/mol. The van der Waals surface area contributed by atoms with Gasteiger partial charge in [-0.2, -0.15) is 0 Å². The summed E-state index contributed by atoms with van der Waals surface area (Å²) in [6.07, 6.45) is 1.35. The van der Waals surface area contributed by atoms with E-state index in [0.717, 1.165) is 26.1 Å². The number of likely N-dealkylation sites (N-methyl/N-ethyl adjacent to an activating group) is 1. The van der Waals surface area contributed by atoms with Crippen molar-refractivity contribution in [2.75, 3.05) is 33.2 Å². The number of amides is 1. The average molecular weight is 315 g/mol. The summed E-state index contributed by atoms with van der Waals surface area (Å²) in [6, 6.07) is 11.4. The van der Waals surface area contributed by atoms with Crippen molar-refractivity contribution >= 4 is 5.91 Å². The molecule has 6 nitrogen and oxygen atoms in total. The molecule has 0 radical (unpaired) electrons. The van der Waals surface area contributed by atoms with Crippen LogP contribution < -0.4 is 16.2 Å². The second kappa shape index (κ2) is 6.20. The highest BCUT2D eigenvalue weighted by molar-refractivity contribution is 5.78. The molecule has 4 rings (SSSR count). The number of hydrogen-bond acceptors (Lipinski definition) is 5. The molecule has 3 aliphatic heterocycles. The number of hydrazine groups is 1. The highest BCUT2D eigenvalue weighted by Crippen LogP contribution is 2.34. The number of rotatable bonds is 2. The maximum atomic E-state index is 12.0. The highest BCUT2D eigenvalue weighted by Gasteiger charge is 2.42. The molecule has 6 heteroatoms. The molecule has 124 valence electrons. The van der Waals surface area contributed by atoms with Gasteiger partial charge in [-0.3, -0.25) is 15.1 Å². The van der Waals surface area contributed by atoms with Gasteiger partial charge in [0.2, 0.25) is 5.91 Å². The van der Waals surface area contributed by atoms with Crippen LogP contribution in [-0.2, 0) is 4.79 Å². The Morgan fingerprint density at radius 2 is 1.96 bits per heavy atom. The lowest BCUT2D eigenvalue weighted by Gasteiger charge is -2.43. The van der Waals surface area contributed by atoms with Crippen molar-refractivity contribution in [2.45, 2.75) is 24.7 Å². The highest BCUT2D eigenvalue weighted by atomic mass is 16.2. The van der Waals surface area contributed by atoms with Crippen molar-refractivity contribution in [1.82, 2.24) is 26.0 Å². The van der Waals surface area contributed by atoms with Gasteiger partial charge in [0.25, 0.3) is 0 Å². The van der Waals surface area contributed by atoms with E-state index in [1.165, 1.54) is 5.56 Å². The van der Waals surface area contributed by atoms with Crippen LogP contribution >= 0.6 is 0 Å². The first-order valence-electron chi connectivity index (χ1n) is 8.50. The van der Waals surface area contributed by atoms with E-state index in [0.29, 0.717) is 30.7 Å². The van der Waals surface area contributed by atoms with Gasteiger partial charge in [0.05, 0.1) is 18.8 Å². The van der Waals surface area contributed by atoms with Gasteiger partial charge in [-0.15, -0.1) is 0 Å². The van der Waals surface area contributed by atoms with Gasteiger partial charge in [-0.25, -0.2) is 5.43 Å². The van der Waals surface area contributed by atoms with Crippen LogP contribution in [0.3, 0.4) is 0 Å². The van der Waals surface area contributed by atoms with Gasteiger partial charge in [0.15, 0.2) is 0 Å². The second-order valence-electron chi connectivity index (χ2n) is 6.89. The number of nitrogens with one attached hydrogen (secondary N) is 3. The third-order valence-corrected chi connectivity index (χ3v) is 5.52. The number of fused-ring (bicyclic) bond motifs is 1. The molecule has 3 fully saturated rings. The summed E-state index contributed by atoms with van der Waals surface area (Å²) in [7, 11) is 1.89. The fourth-order valence-corrected chi connectivity index (χ4v) is 4.06. The molecule has 0 aromatic heterocycles. The van der Waals surface area contributed by atoms with Crippen molar-refractivity contribution in [3.63, 3.8) is 0 Å². The third-order valence-electron chi connectivity index (χ3n) is 5.52. The molecule has 1 aromatic carbocycles. The molecular weight excluding hydrogens is 290 g/mol. The summed E-state index contributed by atoms with van der Waals surface area (Å²) >= 11 is 0. The van der Waals surface area contributed by atoms with Crippen LogP contribution in [-0.4, -0.2) is 61.1 Å². The largest absolute Gasteiger partial charge is 0.343 e. The van der Waals surface area contributed by atoms with E-state index < -0.39 is 0 Å². The van der Waals surface area contributed by atoms with Crippen molar-refractivity contribution in [3.8, 4) is 0 Å². The third kappa shape index (κ3) is 2.87. The van der Waals surface area contributed by atoms with Crippen LogP contribution in [0.2, 0.25) is 0 Å². The van der Waals surface area contributed by atoms with E-state index in [-0.39, 0.29) is 5.91 Å². The van der Waals surface area contributed by atoms with E-state index in [2.05, 4.69) is 51.4 Å². The fraction of sp³-hybridized carbons (Fsp3) is 0.588. The molecule has 0 saturated carbocycles. The fourth-order valence-electron chi connectivity index (χ4n) is 4.06. The predicted octanol–water partition coefficient (Wildman–Crippen LogP) is -0.0863. The number of carbonyl (C=O) groups is 1. The molecular formula is C17H25N5O. The Labute approximate surface area is 137 Å². The van der Waals surface area contributed by atoms with Crippen molar-refractivity contribution in [3.05, 3.63) is 35.9 Å². The molecule has 1 aromatic rings. The Balaban J connectivity index is 1.47. The topological polar surface area (TPSA) is 59.6 Å². The molecule has 23 heavy (non-hydrogen) atoms. The number of carbonyl (C=O) groups excluding carboxylic acids is 1. The summed E-state index contributed by atoms with van der Waals surface area (Å²) < 4.78 is 0. The van der Waals surface area contributed by atoms with E-state index in [4.69, 9.17) is 0 Å². The van der Waals surface area contributed by atoms with Crippen LogP contribution in [0.1, 0.15) is 18.0 Å². The summed E-state index contributed by atoms with van der Waals surface area (Å²) in [6.45, 7) is 3.24. The number of hydrogen-bond donors (Lipinski definition) is 3. The smallest absolute Gasteiger partial charge is 0.236 e. The van der Waals surface area contributed by atoms with Gasteiger partial charge >= 0.3 is 0 Å². The average Bonchev–Trinajstić information content (AvgIpc) is 3.01. The minimum absolute atomic E-state index is 0.224. The van der Waals surface area contributed by atoms with Crippen molar-refractivity contribution in [2.24, 2.45) is 5.92 Å². The summed E-state index contributed by atoms with van der Waals surface area (Å²) in [4.78, 5) is 16.1. The van der Waals surface area contributed by atoms with Crippen molar-refractivity contribution < 1.29 is 4.79 Å². The second-order valence-corrected chi connectivity index (χ2v) is 6.89. The lowest BCUT2D eigenvalue weighted by atomic mass is 9.83. The Morgan fingerprint density at radius 1 is 1.13 bits per heavy atom. The van der Waals surface area contributed by atoms with E-state index in [1.807, 2.05) is 11.9 Å². The first-order valence-corrected chi connectivity index (χ1v) is 8.50. The maximum absolute atomic E-state index is 12.0. The number of piperidine rings is 1. The molecule has 1 amide bonds. The van der Waals surface area contributed by atoms with Crippen molar-refractivity contribution in [1.29, 1.82) is 0 Å². The zero-order valence-electron chi connectivity index (χ0n) is 13.5. The molecule has 3 heterocycles. The zero-order chi connectivity index (χ0) is 15.8. The molecule has 3 saturated heterocycles. The number of piperazine rings is 1. The monoisotopic (exact) mass is 315 g/mol. The Bertz CT molecular complexity index is 565. The normalized spacial score (nSPS) is 35.3. The van der Waals surface area contributed by atoms with Crippen LogP contribution in [0.5, 0.6) is 0 Å². The summed E-state index contributed by atoms with van der Waals surface area (Å²) in [5.74, 6) is 0.765. The van der Waals surface area contributed by atoms with E-state index >= 15 is 0 Å². The van der Waals surface area contributed by atoms with Gasteiger partial charge < -0.3 is 10.2 Å². The van der Waals surface area contributed by atoms with E-state index in [1.54, 1.807) is 0 Å². The maximum Gasteiger partial charge on any atom is 0.236 e. The van der Waals surface area contributed by atoms with Gasteiger partial charge in [-0.1, -0.05) is 30.3 Å². The molecule has 3 aliphatic rings. The first-order chi connectivity index (χ1) is 11.2. The van der Waals surface area contributed by atoms with Gasteiger partial charge in [0.1, 0.15) is 0 Å². The molecule has 4 atom stereocenters. The zero-order valence-corrected chi connectivity index (χ0v) is 13.5. The minimum Gasteiger partial charge on any atom is -0.343 e. The Kier molecular flexibility index (Phi) is 4.07. The summed E-state index contributed by atoms with van der Waals surface area (Å²) in [5.41, 5.74) is 8.25. The van der Waals surface area contributed by atoms with Crippen LogP contribution in [0.4, 0.5) is 0 Å². The quantitative estimate of drug-likeness (QED) is 0.712. The number of benzene rings is 1. The standard InChI is InChI=1S/C17H25N5O/c1-21-7-8-22(11-16(21)23)15-9-13-14(10-18-15)19-20-17(13)12-5-3-2-4-6-12/h2-6,13-15,17-20H,7-11H2,1H3. The van der Waals surface area contributed by atoms with E-state index in [9.17, 15) is 4.79 Å². The minimum atomic E-state index is 0.224. The Morgan fingerprint density at radius 3 is 2.74 bits per heavy atom. The van der Waals surface area contributed by atoms with Crippen LogP contribution in [0.25, 0.3) is 0 Å². The molecule has 0 bridgehead atoms. The van der Waals surface area contributed by atoms with Gasteiger partial charge in [-0.05, 0) is 12.0 Å². The summed E-state index contributed by atoms with van der Waals surface area (Å²) in [5, 5.41) is 3.62. The van der Waals surface area contributed by atoms with Crippen LogP contribution in [0.15, 0.2) is 30.3 Å². The molecule has 0 aliphatic carbocycles. The number of nitrogens with zero attached hydrogens (tertiary/aromatic N) is 2. The van der Waals surface area contributed by atoms with Gasteiger partial charge in [0, 0.05) is 38.6 Å².